The van der Waals surface area contributed by atoms with E-state index in [1.54, 1.807) is 13.0 Å². The molecular formula is C12H15N3O3. The number of nitro benzene ring substituents is 1. The van der Waals surface area contributed by atoms with Crippen LogP contribution in [-0.4, -0.2) is 30.0 Å². The number of nitro groups is 1. The summed E-state index contributed by atoms with van der Waals surface area (Å²) in [4.78, 5) is 22.2. The molecular weight excluding hydrogens is 234 g/mol. The second kappa shape index (κ2) is 5.14. The number of aryl methyl sites for hydroxylation is 1. The summed E-state index contributed by atoms with van der Waals surface area (Å²) in [5.41, 5.74) is 0.997. The molecule has 18 heavy (non-hydrogen) atoms. The highest BCUT2D eigenvalue weighted by molar-refractivity contribution is 5.94. The normalized spacial score (nSPS) is 18.6. The first-order chi connectivity index (χ1) is 8.58. The minimum absolute atomic E-state index is 0.0362. The van der Waals surface area contributed by atoms with Crippen LogP contribution in [0.5, 0.6) is 0 Å². The van der Waals surface area contributed by atoms with Crippen LogP contribution >= 0.6 is 0 Å². The Balaban J connectivity index is 2.10. The van der Waals surface area contributed by atoms with E-state index in [1.165, 1.54) is 12.1 Å². The predicted octanol–water partition coefficient (Wildman–Crippen LogP) is 0.995. The van der Waals surface area contributed by atoms with Gasteiger partial charge >= 0.3 is 0 Å². The molecule has 1 saturated heterocycles. The maximum absolute atomic E-state index is 11.9. The molecule has 1 amide bonds. The second-order valence-electron chi connectivity index (χ2n) is 4.42. The molecule has 0 bridgehead atoms. The van der Waals surface area contributed by atoms with Gasteiger partial charge in [0.1, 0.15) is 0 Å². The van der Waals surface area contributed by atoms with Crippen molar-refractivity contribution in [2.24, 2.45) is 0 Å². The van der Waals surface area contributed by atoms with Gasteiger partial charge in [-0.05, 0) is 32.0 Å². The minimum atomic E-state index is -0.447. The van der Waals surface area contributed by atoms with Crippen molar-refractivity contribution in [3.63, 3.8) is 0 Å². The molecule has 1 aliphatic heterocycles. The number of carbonyl (C=O) groups is 1. The molecule has 1 atom stereocenters. The molecule has 0 unspecified atom stereocenters. The van der Waals surface area contributed by atoms with Crippen LogP contribution in [0.1, 0.15) is 22.3 Å². The van der Waals surface area contributed by atoms with Crippen molar-refractivity contribution in [1.29, 1.82) is 0 Å². The van der Waals surface area contributed by atoms with Gasteiger partial charge < -0.3 is 10.6 Å². The van der Waals surface area contributed by atoms with Crippen molar-refractivity contribution >= 4 is 11.6 Å². The summed E-state index contributed by atoms with van der Waals surface area (Å²) in [6.45, 7) is 3.31. The summed E-state index contributed by atoms with van der Waals surface area (Å²) < 4.78 is 0. The van der Waals surface area contributed by atoms with E-state index in [0.717, 1.165) is 19.5 Å². The van der Waals surface area contributed by atoms with Gasteiger partial charge in [0.15, 0.2) is 0 Å². The van der Waals surface area contributed by atoms with Crippen LogP contribution in [0.4, 0.5) is 5.69 Å². The average molecular weight is 249 g/mol. The van der Waals surface area contributed by atoms with Crippen molar-refractivity contribution in [3.05, 3.63) is 39.4 Å². The molecule has 2 N–H and O–H groups in total. The van der Waals surface area contributed by atoms with Crippen molar-refractivity contribution in [1.82, 2.24) is 10.6 Å². The van der Waals surface area contributed by atoms with E-state index in [-0.39, 0.29) is 17.6 Å². The van der Waals surface area contributed by atoms with Gasteiger partial charge in [0.05, 0.1) is 4.92 Å². The van der Waals surface area contributed by atoms with Crippen LogP contribution in [0.3, 0.4) is 0 Å². The van der Waals surface area contributed by atoms with Crippen LogP contribution in [0.2, 0.25) is 0 Å². The van der Waals surface area contributed by atoms with E-state index < -0.39 is 4.92 Å². The smallest absolute Gasteiger partial charge is 0.272 e. The minimum Gasteiger partial charge on any atom is -0.348 e. The average Bonchev–Trinajstić information content (AvgIpc) is 2.81. The van der Waals surface area contributed by atoms with E-state index in [1.807, 2.05) is 0 Å². The third-order valence-electron chi connectivity index (χ3n) is 3.05. The fourth-order valence-electron chi connectivity index (χ4n) is 2.05. The number of hydrogen-bond donors (Lipinski definition) is 2. The van der Waals surface area contributed by atoms with Crippen LogP contribution in [-0.2, 0) is 0 Å². The molecule has 1 aliphatic rings. The van der Waals surface area contributed by atoms with E-state index in [0.29, 0.717) is 11.1 Å². The molecule has 6 heteroatoms. The zero-order valence-electron chi connectivity index (χ0n) is 10.1. The van der Waals surface area contributed by atoms with Crippen molar-refractivity contribution in [3.8, 4) is 0 Å². The number of rotatable bonds is 3. The van der Waals surface area contributed by atoms with Gasteiger partial charge in [0, 0.05) is 29.8 Å². The molecule has 1 aromatic carbocycles. The molecule has 0 aromatic heterocycles. The van der Waals surface area contributed by atoms with E-state index in [2.05, 4.69) is 10.6 Å². The second-order valence-corrected chi connectivity index (χ2v) is 4.42. The van der Waals surface area contributed by atoms with E-state index >= 15 is 0 Å². The van der Waals surface area contributed by atoms with E-state index in [9.17, 15) is 14.9 Å². The van der Waals surface area contributed by atoms with Gasteiger partial charge in [-0.1, -0.05) is 0 Å². The van der Waals surface area contributed by atoms with Crippen molar-refractivity contribution < 1.29 is 9.72 Å². The Morgan fingerprint density at radius 3 is 2.89 bits per heavy atom. The molecule has 2 rings (SSSR count). The Kier molecular flexibility index (Phi) is 3.57. The summed E-state index contributed by atoms with van der Waals surface area (Å²) in [5, 5.41) is 16.7. The quantitative estimate of drug-likeness (QED) is 0.618. The Morgan fingerprint density at radius 2 is 2.33 bits per heavy atom. The lowest BCUT2D eigenvalue weighted by Crippen LogP contribution is -2.36. The molecule has 96 valence electrons. The zero-order valence-corrected chi connectivity index (χ0v) is 10.1. The molecule has 1 aromatic rings. The topological polar surface area (TPSA) is 84.3 Å². The zero-order chi connectivity index (χ0) is 13.1. The van der Waals surface area contributed by atoms with Crippen molar-refractivity contribution in [2.75, 3.05) is 13.1 Å². The number of nitrogens with one attached hydrogen (secondary N) is 2. The third-order valence-corrected chi connectivity index (χ3v) is 3.05. The van der Waals surface area contributed by atoms with Gasteiger partial charge in [0.25, 0.3) is 11.6 Å². The fraction of sp³-hybridized carbons (Fsp3) is 0.417. The van der Waals surface area contributed by atoms with Crippen LogP contribution in [0.15, 0.2) is 18.2 Å². The van der Waals surface area contributed by atoms with Crippen LogP contribution in [0.25, 0.3) is 0 Å². The van der Waals surface area contributed by atoms with Crippen molar-refractivity contribution in [2.45, 2.75) is 19.4 Å². The van der Waals surface area contributed by atoms with Crippen LogP contribution in [0, 0.1) is 17.0 Å². The highest BCUT2D eigenvalue weighted by Gasteiger charge is 2.19. The van der Waals surface area contributed by atoms with Crippen LogP contribution < -0.4 is 10.6 Å². The van der Waals surface area contributed by atoms with Gasteiger partial charge in [-0.3, -0.25) is 14.9 Å². The number of hydrogen-bond acceptors (Lipinski definition) is 4. The maximum atomic E-state index is 11.9. The molecule has 1 fully saturated rings. The molecule has 1 heterocycles. The highest BCUT2D eigenvalue weighted by atomic mass is 16.6. The molecule has 0 saturated carbocycles. The highest BCUT2D eigenvalue weighted by Crippen LogP contribution is 2.18. The summed E-state index contributed by atoms with van der Waals surface area (Å²) in [6, 6.07) is 4.56. The third kappa shape index (κ3) is 2.65. The number of carbonyl (C=O) groups excluding carboxylic acids is 1. The molecule has 0 aliphatic carbocycles. The summed E-state index contributed by atoms with van der Waals surface area (Å²) in [6.07, 6.45) is 0.914. The number of nitrogens with zero attached hydrogens (tertiary/aromatic N) is 1. The summed E-state index contributed by atoms with van der Waals surface area (Å²) in [5.74, 6) is -0.179. The summed E-state index contributed by atoms with van der Waals surface area (Å²) in [7, 11) is 0. The lowest BCUT2D eigenvalue weighted by Gasteiger charge is -2.11. The standard InChI is InChI=1S/C12H15N3O3/c1-8-6-9(2-3-11(8)15(17)18)12(16)14-10-4-5-13-7-10/h2-3,6,10,13H,4-5,7H2,1H3,(H,14,16)/t10-/m0/s1. The van der Waals surface area contributed by atoms with Gasteiger partial charge in [-0.2, -0.15) is 0 Å². The summed E-state index contributed by atoms with van der Waals surface area (Å²) >= 11 is 0. The Morgan fingerprint density at radius 1 is 1.56 bits per heavy atom. The first kappa shape index (κ1) is 12.5. The first-order valence-corrected chi connectivity index (χ1v) is 5.84. The number of benzene rings is 1. The Bertz CT molecular complexity index is 481. The van der Waals surface area contributed by atoms with Gasteiger partial charge in [0.2, 0.25) is 0 Å². The SMILES string of the molecule is Cc1cc(C(=O)N[C@H]2CCNC2)ccc1[N+](=O)[O-]. The Labute approximate surface area is 105 Å². The molecule has 6 nitrogen and oxygen atoms in total. The van der Waals surface area contributed by atoms with E-state index in [4.69, 9.17) is 0 Å². The molecule has 0 radical (unpaired) electrons. The molecule has 0 spiro atoms. The Hall–Kier alpha value is -1.95. The first-order valence-electron chi connectivity index (χ1n) is 5.84. The van der Waals surface area contributed by atoms with Gasteiger partial charge in [-0.25, -0.2) is 0 Å². The fourth-order valence-corrected chi connectivity index (χ4v) is 2.05. The monoisotopic (exact) mass is 249 g/mol. The predicted molar refractivity (Wildman–Crippen MR) is 66.6 cm³/mol. The lowest BCUT2D eigenvalue weighted by atomic mass is 10.1. The lowest BCUT2D eigenvalue weighted by molar-refractivity contribution is -0.385. The largest absolute Gasteiger partial charge is 0.348 e. The maximum Gasteiger partial charge on any atom is 0.272 e. The number of amides is 1. The van der Waals surface area contributed by atoms with Gasteiger partial charge in [-0.15, -0.1) is 0 Å².